The second-order valence-corrected chi connectivity index (χ2v) is 6.39. The Labute approximate surface area is 112 Å². The first-order valence-corrected chi connectivity index (χ1v) is 7.78. The topological polar surface area (TPSA) is 35.5 Å². The number of nitrogens with one attached hydrogen (secondary N) is 1. The summed E-state index contributed by atoms with van der Waals surface area (Å²) in [6.45, 7) is 5.40. The molecule has 3 nitrogen and oxygen atoms in total. The molecule has 1 heterocycles. The Morgan fingerprint density at radius 1 is 1.17 bits per heavy atom. The van der Waals surface area contributed by atoms with Gasteiger partial charge in [0.1, 0.15) is 0 Å². The number of nitrogens with zero attached hydrogens (tertiary/aromatic N) is 1. The molecule has 0 aromatic rings. The van der Waals surface area contributed by atoms with Gasteiger partial charge in [-0.1, -0.05) is 26.2 Å². The van der Waals surface area contributed by atoms with E-state index in [-0.39, 0.29) is 6.10 Å². The first-order valence-electron chi connectivity index (χ1n) is 7.78. The molecule has 2 rings (SSSR count). The zero-order valence-corrected chi connectivity index (χ0v) is 12.1. The number of likely N-dealkylation sites (tertiary alicyclic amines) is 1. The van der Waals surface area contributed by atoms with Gasteiger partial charge in [-0.25, -0.2) is 0 Å². The summed E-state index contributed by atoms with van der Waals surface area (Å²) in [5, 5.41) is 13.5. The highest BCUT2D eigenvalue weighted by Gasteiger charge is 2.29. The van der Waals surface area contributed by atoms with Gasteiger partial charge in [-0.3, -0.25) is 0 Å². The molecule has 2 aliphatic rings. The van der Waals surface area contributed by atoms with Gasteiger partial charge in [-0.15, -0.1) is 0 Å². The van der Waals surface area contributed by atoms with E-state index in [1.165, 1.54) is 45.2 Å². The molecule has 2 fully saturated rings. The maximum Gasteiger partial charge on any atom is 0.0693 e. The molecule has 0 spiro atoms. The van der Waals surface area contributed by atoms with Crippen LogP contribution < -0.4 is 5.32 Å². The Kier molecular flexibility index (Phi) is 5.46. The normalized spacial score (nSPS) is 39.5. The quantitative estimate of drug-likeness (QED) is 0.755. The van der Waals surface area contributed by atoms with Gasteiger partial charge >= 0.3 is 0 Å². The second kappa shape index (κ2) is 6.88. The highest BCUT2D eigenvalue weighted by Crippen LogP contribution is 2.26. The second-order valence-electron chi connectivity index (χ2n) is 6.39. The number of hydrogen-bond acceptors (Lipinski definition) is 3. The van der Waals surface area contributed by atoms with Crippen LogP contribution in [0.5, 0.6) is 0 Å². The van der Waals surface area contributed by atoms with E-state index in [1.54, 1.807) is 0 Å². The lowest BCUT2D eigenvalue weighted by Crippen LogP contribution is -2.47. The fourth-order valence-corrected chi connectivity index (χ4v) is 3.59. The van der Waals surface area contributed by atoms with Crippen molar-refractivity contribution in [3.63, 3.8) is 0 Å². The zero-order chi connectivity index (χ0) is 13.0. The van der Waals surface area contributed by atoms with Gasteiger partial charge in [0.25, 0.3) is 0 Å². The summed E-state index contributed by atoms with van der Waals surface area (Å²) < 4.78 is 0. The predicted octanol–water partition coefficient (Wildman–Crippen LogP) is 1.86. The van der Waals surface area contributed by atoms with Gasteiger partial charge in [0.05, 0.1) is 6.10 Å². The van der Waals surface area contributed by atoms with Gasteiger partial charge in [0, 0.05) is 19.1 Å². The summed E-state index contributed by atoms with van der Waals surface area (Å²) >= 11 is 0. The van der Waals surface area contributed by atoms with Crippen LogP contribution in [-0.4, -0.2) is 48.8 Å². The van der Waals surface area contributed by atoms with Crippen LogP contribution in [0, 0.1) is 11.8 Å². The molecule has 0 aromatic carbocycles. The largest absolute Gasteiger partial charge is 0.392 e. The molecule has 0 bridgehead atoms. The Morgan fingerprint density at radius 3 is 2.67 bits per heavy atom. The smallest absolute Gasteiger partial charge is 0.0693 e. The SMILES string of the molecule is CNC1CCCCCC1CN1CCC(C)C(O)C1. The Bertz CT molecular complexity index is 247. The van der Waals surface area contributed by atoms with Crippen molar-refractivity contribution < 1.29 is 5.11 Å². The van der Waals surface area contributed by atoms with Crippen LogP contribution in [0.1, 0.15) is 45.4 Å². The number of β-amino-alcohol motifs (C(OH)–C–C–N with tert-alkyl or cyclic N) is 1. The van der Waals surface area contributed by atoms with Gasteiger partial charge < -0.3 is 15.3 Å². The van der Waals surface area contributed by atoms with E-state index < -0.39 is 0 Å². The first-order chi connectivity index (χ1) is 8.70. The van der Waals surface area contributed by atoms with Crippen LogP contribution in [0.15, 0.2) is 0 Å². The maximum absolute atomic E-state index is 10.00. The van der Waals surface area contributed by atoms with Crippen molar-refractivity contribution in [1.29, 1.82) is 0 Å². The Hall–Kier alpha value is -0.120. The average molecular weight is 254 g/mol. The minimum Gasteiger partial charge on any atom is -0.392 e. The molecule has 4 atom stereocenters. The van der Waals surface area contributed by atoms with Crippen molar-refractivity contribution in [3.8, 4) is 0 Å². The van der Waals surface area contributed by atoms with E-state index >= 15 is 0 Å². The summed E-state index contributed by atoms with van der Waals surface area (Å²) in [4.78, 5) is 2.49. The molecule has 1 saturated heterocycles. The van der Waals surface area contributed by atoms with E-state index in [4.69, 9.17) is 0 Å². The number of aliphatic hydroxyl groups excluding tert-OH is 1. The lowest BCUT2D eigenvalue weighted by atomic mass is 9.91. The number of aliphatic hydroxyl groups is 1. The van der Waals surface area contributed by atoms with Gasteiger partial charge in [0.15, 0.2) is 0 Å². The molecule has 0 amide bonds. The molecule has 1 saturated carbocycles. The fourth-order valence-electron chi connectivity index (χ4n) is 3.59. The molecule has 1 aliphatic carbocycles. The van der Waals surface area contributed by atoms with E-state index in [9.17, 15) is 5.11 Å². The maximum atomic E-state index is 10.00. The highest BCUT2D eigenvalue weighted by atomic mass is 16.3. The van der Waals surface area contributed by atoms with Crippen LogP contribution in [0.2, 0.25) is 0 Å². The lowest BCUT2D eigenvalue weighted by Gasteiger charge is -2.37. The van der Waals surface area contributed by atoms with Gasteiger partial charge in [0.2, 0.25) is 0 Å². The molecule has 2 N–H and O–H groups in total. The van der Waals surface area contributed by atoms with Crippen molar-refractivity contribution in [2.75, 3.05) is 26.7 Å². The first kappa shape index (κ1) is 14.3. The number of hydrogen-bond donors (Lipinski definition) is 2. The zero-order valence-electron chi connectivity index (χ0n) is 12.1. The molecule has 18 heavy (non-hydrogen) atoms. The van der Waals surface area contributed by atoms with E-state index in [0.29, 0.717) is 12.0 Å². The van der Waals surface area contributed by atoms with E-state index in [1.807, 2.05) is 0 Å². The third kappa shape index (κ3) is 3.69. The van der Waals surface area contributed by atoms with Crippen LogP contribution in [-0.2, 0) is 0 Å². The molecule has 0 radical (unpaired) electrons. The van der Waals surface area contributed by atoms with Gasteiger partial charge in [-0.2, -0.15) is 0 Å². The van der Waals surface area contributed by atoms with Gasteiger partial charge in [-0.05, 0) is 44.7 Å². The number of rotatable bonds is 3. The summed E-state index contributed by atoms with van der Waals surface area (Å²) in [7, 11) is 2.11. The standard InChI is InChI=1S/C15H30N2O/c1-12-8-9-17(11-15(12)18)10-13-6-4-3-5-7-14(13)16-2/h12-16,18H,3-11H2,1-2H3. The van der Waals surface area contributed by atoms with E-state index in [0.717, 1.165) is 18.9 Å². The highest BCUT2D eigenvalue weighted by molar-refractivity contribution is 4.84. The molecule has 0 aromatic heterocycles. The third-order valence-corrected chi connectivity index (χ3v) is 5.03. The van der Waals surface area contributed by atoms with Crippen LogP contribution in [0.4, 0.5) is 0 Å². The monoisotopic (exact) mass is 254 g/mol. The molecular weight excluding hydrogens is 224 g/mol. The predicted molar refractivity (Wildman–Crippen MR) is 75.7 cm³/mol. The van der Waals surface area contributed by atoms with Crippen LogP contribution >= 0.6 is 0 Å². The molecule has 4 unspecified atom stereocenters. The third-order valence-electron chi connectivity index (χ3n) is 5.03. The summed E-state index contributed by atoms with van der Waals surface area (Å²) in [6.07, 6.45) is 7.88. The van der Waals surface area contributed by atoms with Crippen LogP contribution in [0.3, 0.4) is 0 Å². The summed E-state index contributed by atoms with van der Waals surface area (Å²) in [6, 6.07) is 0.684. The van der Waals surface area contributed by atoms with Crippen molar-refractivity contribution in [2.45, 2.75) is 57.6 Å². The summed E-state index contributed by atoms with van der Waals surface area (Å²) in [5.41, 5.74) is 0. The minimum absolute atomic E-state index is 0.113. The van der Waals surface area contributed by atoms with Crippen molar-refractivity contribution in [1.82, 2.24) is 10.2 Å². The molecule has 1 aliphatic heterocycles. The lowest BCUT2D eigenvalue weighted by molar-refractivity contribution is 0.0199. The van der Waals surface area contributed by atoms with Crippen molar-refractivity contribution in [2.24, 2.45) is 11.8 Å². The number of piperidine rings is 1. The summed E-state index contributed by atoms with van der Waals surface area (Å²) in [5.74, 6) is 1.26. The Balaban J connectivity index is 1.86. The van der Waals surface area contributed by atoms with Crippen molar-refractivity contribution in [3.05, 3.63) is 0 Å². The minimum atomic E-state index is -0.113. The molecule has 3 heteroatoms. The van der Waals surface area contributed by atoms with Crippen molar-refractivity contribution >= 4 is 0 Å². The molecular formula is C15H30N2O. The van der Waals surface area contributed by atoms with Crippen LogP contribution in [0.25, 0.3) is 0 Å². The van der Waals surface area contributed by atoms with E-state index in [2.05, 4.69) is 24.2 Å². The average Bonchev–Trinajstić information content (AvgIpc) is 2.59. The molecule has 106 valence electrons. The fraction of sp³-hybridized carbons (Fsp3) is 1.00. The Morgan fingerprint density at radius 2 is 1.94 bits per heavy atom.